The third kappa shape index (κ3) is 7.16. The summed E-state index contributed by atoms with van der Waals surface area (Å²) in [4.78, 5) is 12.2. The maximum absolute atomic E-state index is 13.1. The SMILES string of the molecule is Cc1ccccc1NS(=O)(=O)c1cc(C(=O)Nc2ccc(S(=O)(=O)Nc3ccc(Cl)c(C(F)(F)F)c3)cc2)ccc1Cl. The number of carbonyl (C=O) groups is 1. The molecule has 0 radical (unpaired) electrons. The molecule has 220 valence electrons. The molecule has 8 nitrogen and oxygen atoms in total. The summed E-state index contributed by atoms with van der Waals surface area (Å²) in [6, 6.07) is 17.7. The zero-order valence-corrected chi connectivity index (χ0v) is 24.5. The van der Waals surface area contributed by atoms with Crippen LogP contribution < -0.4 is 14.8 Å². The highest BCUT2D eigenvalue weighted by molar-refractivity contribution is 7.93. The van der Waals surface area contributed by atoms with Crippen LogP contribution in [0.5, 0.6) is 0 Å². The van der Waals surface area contributed by atoms with Crippen molar-refractivity contribution in [3.63, 3.8) is 0 Å². The van der Waals surface area contributed by atoms with E-state index in [9.17, 15) is 34.8 Å². The highest BCUT2D eigenvalue weighted by atomic mass is 35.5. The summed E-state index contributed by atoms with van der Waals surface area (Å²) >= 11 is 11.7. The molecule has 0 fully saturated rings. The summed E-state index contributed by atoms with van der Waals surface area (Å²) in [5, 5.41) is 1.82. The highest BCUT2D eigenvalue weighted by Crippen LogP contribution is 2.36. The Morgan fingerprint density at radius 3 is 2.00 bits per heavy atom. The number of para-hydroxylation sites is 1. The van der Waals surface area contributed by atoms with Crippen LogP contribution in [0.2, 0.25) is 10.0 Å². The lowest BCUT2D eigenvalue weighted by Gasteiger charge is -2.14. The normalized spacial score (nSPS) is 12.0. The van der Waals surface area contributed by atoms with Gasteiger partial charge in [0.25, 0.3) is 26.0 Å². The van der Waals surface area contributed by atoms with Crippen LogP contribution in [-0.4, -0.2) is 22.7 Å². The minimum absolute atomic E-state index is 0.0499. The Bertz CT molecular complexity index is 1880. The summed E-state index contributed by atoms with van der Waals surface area (Å²) in [6.07, 6.45) is -4.79. The van der Waals surface area contributed by atoms with Crippen LogP contribution in [0.15, 0.2) is 94.7 Å². The largest absolute Gasteiger partial charge is 0.417 e. The average molecular weight is 659 g/mol. The van der Waals surface area contributed by atoms with Crippen LogP contribution in [0.25, 0.3) is 0 Å². The fourth-order valence-electron chi connectivity index (χ4n) is 3.68. The van der Waals surface area contributed by atoms with Gasteiger partial charge in [-0.1, -0.05) is 41.4 Å². The molecule has 0 atom stereocenters. The van der Waals surface area contributed by atoms with Crippen molar-refractivity contribution in [2.24, 2.45) is 0 Å². The number of hydrogen-bond donors (Lipinski definition) is 3. The van der Waals surface area contributed by atoms with Crippen molar-refractivity contribution in [2.75, 3.05) is 14.8 Å². The number of sulfonamides is 2. The maximum atomic E-state index is 13.1. The molecule has 4 aromatic rings. The number of amides is 1. The van der Waals surface area contributed by atoms with Crippen molar-refractivity contribution in [3.05, 3.63) is 112 Å². The number of carbonyl (C=O) groups excluding carboxylic acids is 1. The summed E-state index contributed by atoms with van der Waals surface area (Å²) in [5.74, 6) is -0.714. The molecule has 0 aliphatic rings. The predicted molar refractivity (Wildman–Crippen MR) is 155 cm³/mol. The zero-order chi connectivity index (χ0) is 30.9. The second-order valence-electron chi connectivity index (χ2n) is 8.84. The third-order valence-corrected chi connectivity index (χ3v) is 9.39. The van der Waals surface area contributed by atoms with Crippen molar-refractivity contribution >= 4 is 66.2 Å². The number of benzene rings is 4. The molecule has 42 heavy (non-hydrogen) atoms. The number of halogens is 5. The lowest BCUT2D eigenvalue weighted by molar-refractivity contribution is -0.137. The quantitative estimate of drug-likeness (QED) is 0.185. The Morgan fingerprint density at radius 2 is 1.36 bits per heavy atom. The van der Waals surface area contributed by atoms with Crippen molar-refractivity contribution in [2.45, 2.75) is 22.9 Å². The van der Waals surface area contributed by atoms with Gasteiger partial charge in [-0.3, -0.25) is 14.2 Å². The van der Waals surface area contributed by atoms with E-state index in [-0.39, 0.29) is 31.8 Å². The standard InChI is InChI=1S/C27H20Cl2F3N3O5S2/c1-16-4-2-3-5-24(16)35-42(39,40)25-14-17(6-12-23(25)29)26(36)33-18-7-10-20(11-8-18)41(37,38)34-19-9-13-22(28)21(15-19)27(30,31)32/h2-15,34-35H,1H3,(H,33,36). The van der Waals surface area contributed by atoms with E-state index in [1.165, 1.54) is 24.3 Å². The third-order valence-electron chi connectivity index (χ3n) is 5.82. The second-order valence-corrected chi connectivity index (χ2v) is 13.0. The van der Waals surface area contributed by atoms with E-state index in [0.717, 1.165) is 30.3 Å². The smallest absolute Gasteiger partial charge is 0.322 e. The first-order valence-electron chi connectivity index (χ1n) is 11.8. The molecule has 15 heteroatoms. The van der Waals surface area contributed by atoms with E-state index in [1.54, 1.807) is 31.2 Å². The van der Waals surface area contributed by atoms with Gasteiger partial charge in [0.15, 0.2) is 0 Å². The van der Waals surface area contributed by atoms with E-state index in [2.05, 4.69) is 14.8 Å². The van der Waals surface area contributed by atoms with Crippen LogP contribution in [-0.2, 0) is 26.2 Å². The van der Waals surface area contributed by atoms with Crippen molar-refractivity contribution in [1.29, 1.82) is 0 Å². The number of nitrogens with one attached hydrogen (secondary N) is 3. The minimum atomic E-state index is -4.79. The van der Waals surface area contributed by atoms with Gasteiger partial charge in [0.05, 0.1) is 26.2 Å². The summed E-state index contributed by atoms with van der Waals surface area (Å²) in [7, 11) is -8.46. The van der Waals surface area contributed by atoms with Crippen molar-refractivity contribution in [1.82, 2.24) is 0 Å². The molecule has 0 aliphatic heterocycles. The fraction of sp³-hybridized carbons (Fsp3) is 0.0741. The monoisotopic (exact) mass is 657 g/mol. The Hall–Kier alpha value is -3.78. The van der Waals surface area contributed by atoms with E-state index >= 15 is 0 Å². The van der Waals surface area contributed by atoms with E-state index < -0.39 is 42.7 Å². The van der Waals surface area contributed by atoms with Crippen LogP contribution in [0.4, 0.5) is 30.2 Å². The van der Waals surface area contributed by atoms with E-state index in [4.69, 9.17) is 23.2 Å². The van der Waals surface area contributed by atoms with Gasteiger partial charge in [-0.05, 0) is 79.2 Å². The zero-order valence-electron chi connectivity index (χ0n) is 21.3. The molecular weight excluding hydrogens is 638 g/mol. The predicted octanol–water partition coefficient (Wildman–Crippen LogP) is 7.17. The molecule has 0 saturated heterocycles. The topological polar surface area (TPSA) is 121 Å². The molecule has 0 saturated carbocycles. The van der Waals surface area contributed by atoms with Gasteiger partial charge < -0.3 is 5.32 Å². The van der Waals surface area contributed by atoms with Gasteiger partial charge >= 0.3 is 6.18 Å². The van der Waals surface area contributed by atoms with Crippen LogP contribution >= 0.6 is 23.2 Å². The maximum Gasteiger partial charge on any atom is 0.417 e. The Labute approximate surface area is 249 Å². The average Bonchev–Trinajstić information content (AvgIpc) is 2.90. The fourth-order valence-corrected chi connectivity index (χ4v) is 6.61. The number of aryl methyl sites for hydroxylation is 1. The Balaban J connectivity index is 1.50. The van der Waals surface area contributed by atoms with Gasteiger partial charge in [-0.25, -0.2) is 16.8 Å². The summed E-state index contributed by atoms with van der Waals surface area (Å²) < 4.78 is 95.3. The van der Waals surface area contributed by atoms with Crippen LogP contribution in [0, 0.1) is 6.92 Å². The van der Waals surface area contributed by atoms with Gasteiger partial charge in [-0.2, -0.15) is 13.2 Å². The molecule has 1 amide bonds. The number of rotatable bonds is 8. The minimum Gasteiger partial charge on any atom is -0.322 e. The molecule has 0 bridgehead atoms. The molecule has 0 heterocycles. The molecule has 4 aromatic carbocycles. The number of anilines is 3. The lowest BCUT2D eigenvalue weighted by Crippen LogP contribution is -2.17. The molecule has 3 N–H and O–H groups in total. The van der Waals surface area contributed by atoms with Crippen LogP contribution in [0.1, 0.15) is 21.5 Å². The van der Waals surface area contributed by atoms with Gasteiger partial charge in [-0.15, -0.1) is 0 Å². The Kier molecular flexibility index (Phi) is 8.78. The lowest BCUT2D eigenvalue weighted by atomic mass is 10.2. The molecule has 0 aromatic heterocycles. The first-order chi connectivity index (χ1) is 19.6. The summed E-state index contributed by atoms with van der Waals surface area (Å²) in [5.41, 5.74) is -0.440. The Morgan fingerprint density at radius 1 is 0.738 bits per heavy atom. The van der Waals surface area contributed by atoms with Crippen LogP contribution in [0.3, 0.4) is 0 Å². The van der Waals surface area contributed by atoms with Gasteiger partial charge in [0.1, 0.15) is 4.90 Å². The second kappa shape index (κ2) is 11.8. The number of alkyl halides is 3. The first-order valence-corrected chi connectivity index (χ1v) is 15.5. The molecule has 0 unspecified atom stereocenters. The first kappa shape index (κ1) is 31.2. The molecule has 4 rings (SSSR count). The van der Waals surface area contributed by atoms with Crippen molar-refractivity contribution in [3.8, 4) is 0 Å². The molecular formula is C27H20Cl2F3N3O5S2. The highest BCUT2D eigenvalue weighted by Gasteiger charge is 2.33. The molecule has 0 spiro atoms. The van der Waals surface area contributed by atoms with Gasteiger partial charge in [0, 0.05) is 16.9 Å². The molecule has 0 aliphatic carbocycles. The van der Waals surface area contributed by atoms with E-state index in [1.807, 2.05) is 0 Å². The van der Waals surface area contributed by atoms with Gasteiger partial charge in [0.2, 0.25) is 0 Å². The van der Waals surface area contributed by atoms with E-state index in [0.29, 0.717) is 17.3 Å². The summed E-state index contributed by atoms with van der Waals surface area (Å²) in [6.45, 7) is 1.72. The number of hydrogen-bond acceptors (Lipinski definition) is 5. The van der Waals surface area contributed by atoms with Crippen molar-refractivity contribution < 1.29 is 34.8 Å².